The number of para-hydroxylation sites is 2. The van der Waals surface area contributed by atoms with Gasteiger partial charge in [0.05, 0.1) is 32.6 Å². The van der Waals surface area contributed by atoms with Crippen LogP contribution in [0.25, 0.3) is 12.2 Å². The van der Waals surface area contributed by atoms with Crippen LogP contribution in [0, 0.1) is 0 Å². The van der Waals surface area contributed by atoms with Gasteiger partial charge in [0.2, 0.25) is 0 Å². The molecule has 178 valence electrons. The summed E-state index contributed by atoms with van der Waals surface area (Å²) in [5.41, 5.74) is 1.22. The van der Waals surface area contributed by atoms with Crippen LogP contribution in [0.15, 0.2) is 60.7 Å². The van der Waals surface area contributed by atoms with Crippen LogP contribution < -0.4 is 24.3 Å². The monoisotopic (exact) mass is 473 g/mol. The zero-order chi connectivity index (χ0) is 24.7. The zero-order valence-corrected chi connectivity index (χ0v) is 18.6. The first-order valence-corrected chi connectivity index (χ1v) is 9.98. The largest absolute Gasteiger partial charge is 0.573 e. The first-order chi connectivity index (χ1) is 16.2. The molecule has 0 aliphatic carbocycles. The number of alkyl halides is 3. The van der Waals surface area contributed by atoms with E-state index in [9.17, 15) is 18.0 Å². The number of ether oxygens (including phenoxy) is 4. The van der Waals surface area contributed by atoms with E-state index in [4.69, 9.17) is 14.2 Å². The SMILES string of the molecule is COc1ccc(/C=C/c2cc(OC)cc(OC)c2C(=O)Nc2ccccc2OC(F)(F)F)cc1. The Hall–Kier alpha value is -4.14. The van der Waals surface area contributed by atoms with E-state index in [1.165, 1.54) is 38.5 Å². The van der Waals surface area contributed by atoms with E-state index in [1.54, 1.807) is 37.5 Å². The molecule has 0 heterocycles. The second-order valence-corrected chi connectivity index (χ2v) is 6.90. The van der Waals surface area contributed by atoms with Crippen LogP contribution >= 0.6 is 0 Å². The van der Waals surface area contributed by atoms with Gasteiger partial charge in [-0.2, -0.15) is 0 Å². The molecule has 1 amide bonds. The Morgan fingerprint density at radius 1 is 0.824 bits per heavy atom. The summed E-state index contributed by atoms with van der Waals surface area (Å²) in [5, 5.41) is 2.48. The van der Waals surface area contributed by atoms with Crippen molar-refractivity contribution in [2.45, 2.75) is 6.36 Å². The molecule has 34 heavy (non-hydrogen) atoms. The molecule has 0 saturated carbocycles. The lowest BCUT2D eigenvalue weighted by atomic mass is 10.0. The number of hydrogen-bond acceptors (Lipinski definition) is 5. The molecule has 0 unspecified atom stereocenters. The summed E-state index contributed by atoms with van der Waals surface area (Å²) in [6, 6.07) is 15.6. The van der Waals surface area contributed by atoms with Crippen molar-refractivity contribution in [1.29, 1.82) is 0 Å². The molecule has 0 bridgehead atoms. The summed E-state index contributed by atoms with van der Waals surface area (Å²) < 4.78 is 58.2. The third kappa shape index (κ3) is 6.22. The summed E-state index contributed by atoms with van der Waals surface area (Å²) >= 11 is 0. The number of benzene rings is 3. The van der Waals surface area contributed by atoms with Crippen molar-refractivity contribution in [3.8, 4) is 23.0 Å². The molecule has 3 rings (SSSR count). The maximum atomic E-state index is 13.2. The summed E-state index contributed by atoms with van der Waals surface area (Å²) in [6.07, 6.45) is -1.46. The Labute approximate surface area is 194 Å². The fourth-order valence-corrected chi connectivity index (χ4v) is 3.13. The Kier molecular flexibility index (Phi) is 7.68. The lowest BCUT2D eigenvalue weighted by molar-refractivity contribution is -0.274. The first-order valence-electron chi connectivity index (χ1n) is 9.98. The van der Waals surface area contributed by atoms with Gasteiger partial charge in [-0.25, -0.2) is 0 Å². The summed E-state index contributed by atoms with van der Waals surface area (Å²) in [7, 11) is 4.41. The number of rotatable bonds is 8. The van der Waals surface area contributed by atoms with Gasteiger partial charge in [-0.3, -0.25) is 4.79 Å². The third-order valence-corrected chi connectivity index (χ3v) is 4.72. The van der Waals surface area contributed by atoms with Gasteiger partial charge in [0.25, 0.3) is 5.91 Å². The summed E-state index contributed by atoms with van der Waals surface area (Å²) in [6.45, 7) is 0. The predicted molar refractivity (Wildman–Crippen MR) is 123 cm³/mol. The lowest BCUT2D eigenvalue weighted by Crippen LogP contribution is -2.20. The Morgan fingerprint density at radius 2 is 1.50 bits per heavy atom. The van der Waals surface area contributed by atoms with E-state index in [1.807, 2.05) is 12.1 Å². The minimum absolute atomic E-state index is 0.106. The second-order valence-electron chi connectivity index (χ2n) is 6.90. The molecule has 0 fully saturated rings. The smallest absolute Gasteiger partial charge is 0.497 e. The molecular formula is C25H22F3NO5. The van der Waals surface area contributed by atoms with E-state index in [0.29, 0.717) is 17.1 Å². The molecule has 0 atom stereocenters. The van der Waals surface area contributed by atoms with Crippen LogP contribution in [0.4, 0.5) is 18.9 Å². The fourth-order valence-electron chi connectivity index (χ4n) is 3.13. The van der Waals surface area contributed by atoms with Crippen molar-refractivity contribution < 1.29 is 36.9 Å². The van der Waals surface area contributed by atoms with Crippen LogP contribution in [0.2, 0.25) is 0 Å². The predicted octanol–water partition coefficient (Wildman–Crippen LogP) is 6.03. The highest BCUT2D eigenvalue weighted by Crippen LogP contribution is 2.34. The van der Waals surface area contributed by atoms with Crippen LogP contribution in [0.3, 0.4) is 0 Å². The van der Waals surface area contributed by atoms with Crippen molar-refractivity contribution in [1.82, 2.24) is 0 Å². The maximum absolute atomic E-state index is 13.2. The van der Waals surface area contributed by atoms with Crippen molar-refractivity contribution in [2.75, 3.05) is 26.6 Å². The van der Waals surface area contributed by atoms with Gasteiger partial charge >= 0.3 is 6.36 Å². The molecule has 0 aliphatic heterocycles. The molecule has 0 radical (unpaired) electrons. The van der Waals surface area contributed by atoms with E-state index < -0.39 is 18.0 Å². The highest BCUT2D eigenvalue weighted by atomic mass is 19.4. The fraction of sp³-hybridized carbons (Fsp3) is 0.160. The Bertz CT molecular complexity index is 1170. The number of nitrogens with one attached hydrogen (secondary N) is 1. The maximum Gasteiger partial charge on any atom is 0.573 e. The summed E-state index contributed by atoms with van der Waals surface area (Å²) in [4.78, 5) is 13.2. The minimum atomic E-state index is -4.91. The van der Waals surface area contributed by atoms with Gasteiger partial charge in [0, 0.05) is 6.07 Å². The molecule has 9 heteroatoms. The molecule has 0 spiro atoms. The summed E-state index contributed by atoms with van der Waals surface area (Å²) in [5.74, 6) is 0.0855. The zero-order valence-electron chi connectivity index (χ0n) is 18.6. The van der Waals surface area contributed by atoms with Gasteiger partial charge in [-0.1, -0.05) is 36.4 Å². The molecule has 6 nitrogen and oxygen atoms in total. The van der Waals surface area contributed by atoms with Crippen LogP contribution in [0.5, 0.6) is 23.0 Å². The number of hydrogen-bond donors (Lipinski definition) is 1. The lowest BCUT2D eigenvalue weighted by Gasteiger charge is -2.16. The molecule has 3 aromatic carbocycles. The number of methoxy groups -OCH3 is 3. The average molecular weight is 473 g/mol. The number of anilines is 1. The van der Waals surface area contributed by atoms with Gasteiger partial charge < -0.3 is 24.3 Å². The van der Waals surface area contributed by atoms with Crippen molar-refractivity contribution >= 4 is 23.7 Å². The normalized spacial score (nSPS) is 11.2. The van der Waals surface area contributed by atoms with Crippen LogP contribution in [-0.2, 0) is 0 Å². The average Bonchev–Trinajstić information content (AvgIpc) is 2.82. The first kappa shape index (κ1) is 24.5. The van der Waals surface area contributed by atoms with Crippen molar-refractivity contribution in [3.63, 3.8) is 0 Å². The Morgan fingerprint density at radius 3 is 2.12 bits per heavy atom. The minimum Gasteiger partial charge on any atom is -0.497 e. The molecule has 0 aromatic heterocycles. The second kappa shape index (κ2) is 10.7. The number of carbonyl (C=O) groups excluding carboxylic acids is 1. The third-order valence-electron chi connectivity index (χ3n) is 4.72. The van der Waals surface area contributed by atoms with Gasteiger partial charge in [-0.05, 0) is 41.5 Å². The molecule has 0 aliphatic rings. The van der Waals surface area contributed by atoms with Gasteiger partial charge in [-0.15, -0.1) is 13.2 Å². The molecule has 1 N–H and O–H groups in total. The van der Waals surface area contributed by atoms with Crippen molar-refractivity contribution in [3.05, 3.63) is 77.4 Å². The molecule has 3 aromatic rings. The van der Waals surface area contributed by atoms with E-state index >= 15 is 0 Å². The quantitative estimate of drug-likeness (QED) is 0.405. The molecular weight excluding hydrogens is 451 g/mol. The standard InChI is InChI=1S/C25H22F3NO5/c1-31-18-12-9-16(10-13-18)8-11-17-14-19(32-2)15-22(33-3)23(17)24(30)29-20-6-4-5-7-21(20)34-25(26,27)28/h4-15H,1-3H3,(H,29,30)/b11-8+. The highest BCUT2D eigenvalue weighted by molar-refractivity contribution is 6.09. The Balaban J connectivity index is 2.00. The van der Waals surface area contributed by atoms with Crippen molar-refractivity contribution in [2.24, 2.45) is 0 Å². The van der Waals surface area contributed by atoms with Gasteiger partial charge in [0.15, 0.2) is 5.75 Å². The topological polar surface area (TPSA) is 66.0 Å². The number of carbonyl (C=O) groups is 1. The van der Waals surface area contributed by atoms with Gasteiger partial charge in [0.1, 0.15) is 17.2 Å². The molecule has 0 saturated heterocycles. The van der Waals surface area contributed by atoms with Crippen LogP contribution in [-0.4, -0.2) is 33.6 Å². The number of halogens is 3. The highest BCUT2D eigenvalue weighted by Gasteiger charge is 2.32. The number of amides is 1. The van der Waals surface area contributed by atoms with E-state index in [2.05, 4.69) is 10.1 Å². The van der Waals surface area contributed by atoms with E-state index in [-0.39, 0.29) is 17.0 Å². The van der Waals surface area contributed by atoms with Crippen LogP contribution in [0.1, 0.15) is 21.5 Å². The van der Waals surface area contributed by atoms with E-state index in [0.717, 1.165) is 11.6 Å².